The zero-order valence-electron chi connectivity index (χ0n) is 16.7. The lowest BCUT2D eigenvalue weighted by atomic mass is 9.86. The van der Waals surface area contributed by atoms with Gasteiger partial charge in [0.05, 0.1) is 30.9 Å². The quantitative estimate of drug-likeness (QED) is 0.351. The molecule has 0 amide bonds. The van der Waals surface area contributed by atoms with Gasteiger partial charge in [0.2, 0.25) is 0 Å². The Morgan fingerprint density at radius 2 is 1.91 bits per heavy atom. The Hall–Kier alpha value is -2.97. The van der Waals surface area contributed by atoms with E-state index in [0.29, 0.717) is 11.3 Å². The topological polar surface area (TPSA) is 59.4 Å². The number of hydrogen-bond acceptors (Lipinski definition) is 4. The number of nitrogens with zero attached hydrogens (tertiary/aromatic N) is 1. The summed E-state index contributed by atoms with van der Waals surface area (Å²) in [4.78, 5) is 16.0. The van der Waals surface area contributed by atoms with Gasteiger partial charge in [-0.1, -0.05) is 29.8 Å². The van der Waals surface area contributed by atoms with Crippen molar-refractivity contribution in [3.8, 4) is 11.3 Å². The van der Waals surface area contributed by atoms with Gasteiger partial charge in [0.1, 0.15) is 5.82 Å². The van der Waals surface area contributed by atoms with Crippen LogP contribution in [0.4, 0.5) is 17.6 Å². The number of halogens is 5. The molecule has 0 radical (unpaired) electrons. The molecule has 0 fully saturated rings. The lowest BCUT2D eigenvalue weighted by molar-refractivity contribution is -0.144. The molecule has 4 nitrogen and oxygen atoms in total. The van der Waals surface area contributed by atoms with Crippen LogP contribution in [-0.4, -0.2) is 29.3 Å². The molecule has 9 heteroatoms. The molecule has 1 N–H and O–H groups in total. The highest BCUT2D eigenvalue weighted by atomic mass is 35.5. The number of benzene rings is 2. The molecule has 3 rings (SSSR count). The molecule has 32 heavy (non-hydrogen) atoms. The van der Waals surface area contributed by atoms with E-state index in [9.17, 15) is 27.5 Å². The molecule has 0 aliphatic carbocycles. The van der Waals surface area contributed by atoms with Crippen LogP contribution in [0.3, 0.4) is 0 Å². The number of carbonyl (C=O) groups is 1. The lowest BCUT2D eigenvalue weighted by Crippen LogP contribution is -2.20. The number of alkyl halides is 3. The fourth-order valence-corrected chi connectivity index (χ4v) is 3.69. The second-order valence-electron chi connectivity index (χ2n) is 7.08. The third kappa shape index (κ3) is 5.63. The molecule has 0 bridgehead atoms. The Balaban J connectivity index is 2.01. The third-order valence-corrected chi connectivity index (χ3v) is 5.23. The van der Waals surface area contributed by atoms with Crippen molar-refractivity contribution < 1.29 is 32.2 Å². The Labute approximate surface area is 186 Å². The van der Waals surface area contributed by atoms with Crippen LogP contribution >= 0.6 is 11.6 Å². The summed E-state index contributed by atoms with van der Waals surface area (Å²) >= 11 is 6.00. The Bertz CT molecular complexity index is 1120. The first-order valence-corrected chi connectivity index (χ1v) is 9.81. The van der Waals surface area contributed by atoms with E-state index in [-0.39, 0.29) is 21.7 Å². The number of pyridine rings is 1. The average molecular weight is 468 g/mol. The van der Waals surface area contributed by atoms with Crippen molar-refractivity contribution >= 4 is 17.6 Å². The minimum absolute atomic E-state index is 0.0241. The van der Waals surface area contributed by atoms with Gasteiger partial charge in [-0.05, 0) is 47.5 Å². The van der Waals surface area contributed by atoms with Gasteiger partial charge in [-0.2, -0.15) is 13.2 Å². The summed E-state index contributed by atoms with van der Waals surface area (Å²) in [6.07, 6.45) is -6.23. The van der Waals surface area contributed by atoms with Gasteiger partial charge in [-0.25, -0.2) is 9.18 Å². The SMILES string of the molecule is COC(=O)c1cccc(-c2cc(C(O)C(CC(F)(F)F)c3ccc(F)cc3Cl)ccn2)c1. The maximum Gasteiger partial charge on any atom is 0.389 e. The van der Waals surface area contributed by atoms with Crippen LogP contribution < -0.4 is 0 Å². The first-order chi connectivity index (χ1) is 15.1. The van der Waals surface area contributed by atoms with Gasteiger partial charge in [-0.3, -0.25) is 4.98 Å². The number of aromatic nitrogens is 1. The molecule has 2 unspecified atom stereocenters. The number of rotatable bonds is 6. The van der Waals surface area contributed by atoms with Gasteiger partial charge in [-0.15, -0.1) is 0 Å². The van der Waals surface area contributed by atoms with Crippen molar-refractivity contribution in [2.75, 3.05) is 7.11 Å². The molecule has 1 heterocycles. The maximum absolute atomic E-state index is 13.4. The fourth-order valence-electron chi connectivity index (χ4n) is 3.39. The highest BCUT2D eigenvalue weighted by molar-refractivity contribution is 6.31. The van der Waals surface area contributed by atoms with E-state index in [1.54, 1.807) is 18.2 Å². The van der Waals surface area contributed by atoms with Crippen LogP contribution in [0.5, 0.6) is 0 Å². The van der Waals surface area contributed by atoms with Crippen LogP contribution in [0.25, 0.3) is 11.3 Å². The summed E-state index contributed by atoms with van der Waals surface area (Å²) in [6.45, 7) is 0. The van der Waals surface area contributed by atoms with Gasteiger partial charge in [0.25, 0.3) is 0 Å². The van der Waals surface area contributed by atoms with E-state index >= 15 is 0 Å². The fraction of sp³-hybridized carbons (Fsp3) is 0.217. The van der Waals surface area contributed by atoms with Crippen LogP contribution in [-0.2, 0) is 4.74 Å². The average Bonchev–Trinajstić information content (AvgIpc) is 2.76. The van der Waals surface area contributed by atoms with Crippen molar-refractivity contribution in [3.63, 3.8) is 0 Å². The highest BCUT2D eigenvalue weighted by Gasteiger charge is 2.37. The first-order valence-electron chi connectivity index (χ1n) is 9.43. The zero-order valence-corrected chi connectivity index (χ0v) is 17.5. The van der Waals surface area contributed by atoms with E-state index in [2.05, 4.69) is 4.98 Å². The molecule has 0 saturated heterocycles. The number of hydrogen-bond donors (Lipinski definition) is 1. The third-order valence-electron chi connectivity index (χ3n) is 4.90. The van der Waals surface area contributed by atoms with Crippen LogP contribution in [0.1, 0.15) is 39.9 Å². The molecule has 0 spiro atoms. The van der Waals surface area contributed by atoms with E-state index in [4.69, 9.17) is 16.3 Å². The predicted octanol–water partition coefficient (Wildman–Crippen LogP) is 6.10. The number of methoxy groups -OCH3 is 1. The van der Waals surface area contributed by atoms with Gasteiger partial charge in [0, 0.05) is 22.7 Å². The molecule has 168 valence electrons. The number of aliphatic hydroxyl groups is 1. The molecule has 2 atom stereocenters. The summed E-state index contributed by atoms with van der Waals surface area (Å²) < 4.78 is 58.0. The molecule has 0 aliphatic heterocycles. The van der Waals surface area contributed by atoms with Crippen molar-refractivity contribution in [1.82, 2.24) is 4.98 Å². The number of ether oxygens (including phenoxy) is 1. The molecule has 0 aliphatic rings. The lowest BCUT2D eigenvalue weighted by Gasteiger charge is -2.26. The Morgan fingerprint density at radius 3 is 2.56 bits per heavy atom. The van der Waals surface area contributed by atoms with Crippen LogP contribution in [0.15, 0.2) is 60.8 Å². The number of carbonyl (C=O) groups excluding carboxylic acids is 1. The van der Waals surface area contributed by atoms with Crippen molar-refractivity contribution in [2.24, 2.45) is 0 Å². The number of aliphatic hydroxyl groups excluding tert-OH is 1. The normalized spacial score (nSPS) is 13.5. The van der Waals surface area contributed by atoms with Crippen LogP contribution in [0.2, 0.25) is 5.02 Å². The zero-order chi connectivity index (χ0) is 23.5. The van der Waals surface area contributed by atoms with E-state index in [0.717, 1.165) is 18.2 Å². The van der Waals surface area contributed by atoms with Gasteiger partial charge in [0.15, 0.2) is 0 Å². The first kappa shape index (κ1) is 23.7. The Morgan fingerprint density at radius 1 is 1.16 bits per heavy atom. The minimum Gasteiger partial charge on any atom is -0.465 e. The monoisotopic (exact) mass is 467 g/mol. The molecular weight excluding hydrogens is 450 g/mol. The second kappa shape index (κ2) is 9.67. The largest absolute Gasteiger partial charge is 0.465 e. The summed E-state index contributed by atoms with van der Waals surface area (Å²) in [5.41, 5.74) is 1.25. The summed E-state index contributed by atoms with van der Waals surface area (Å²) in [7, 11) is 1.24. The predicted molar refractivity (Wildman–Crippen MR) is 111 cm³/mol. The Kier molecular flexibility index (Phi) is 7.16. The summed E-state index contributed by atoms with van der Waals surface area (Å²) in [6, 6.07) is 12.2. The van der Waals surface area contributed by atoms with Crippen molar-refractivity contribution in [1.29, 1.82) is 0 Å². The second-order valence-corrected chi connectivity index (χ2v) is 7.49. The van der Waals surface area contributed by atoms with E-state index < -0.39 is 36.4 Å². The minimum atomic E-state index is -4.60. The van der Waals surface area contributed by atoms with Gasteiger partial charge >= 0.3 is 12.1 Å². The number of esters is 1. The molecule has 3 aromatic rings. The van der Waals surface area contributed by atoms with Crippen molar-refractivity contribution in [2.45, 2.75) is 24.6 Å². The van der Waals surface area contributed by atoms with E-state index in [1.165, 1.54) is 31.5 Å². The van der Waals surface area contributed by atoms with E-state index in [1.807, 2.05) is 0 Å². The standard InChI is InChI=1S/C23H18ClF4NO3/c1-32-22(31)15-4-2-3-13(9-15)20-10-14(7-8-29-20)21(30)18(12-23(26,27)28)17-6-5-16(25)11-19(17)24/h2-11,18,21,30H,12H2,1H3. The van der Waals surface area contributed by atoms with Crippen molar-refractivity contribution in [3.05, 3.63) is 88.3 Å². The highest BCUT2D eigenvalue weighted by Crippen LogP contribution is 2.42. The molecular formula is C23H18ClF4NO3. The van der Waals surface area contributed by atoms with Gasteiger partial charge < -0.3 is 9.84 Å². The smallest absolute Gasteiger partial charge is 0.389 e. The maximum atomic E-state index is 13.4. The molecule has 0 saturated carbocycles. The van der Waals surface area contributed by atoms with Crippen LogP contribution in [0, 0.1) is 5.82 Å². The summed E-state index contributed by atoms with van der Waals surface area (Å²) in [5.74, 6) is -2.73. The molecule has 1 aromatic heterocycles. The summed E-state index contributed by atoms with van der Waals surface area (Å²) in [5, 5.41) is 10.7. The molecule has 2 aromatic carbocycles.